The molecule has 1 saturated heterocycles. The van der Waals surface area contributed by atoms with Crippen LogP contribution in [0.3, 0.4) is 0 Å². The molecule has 0 unspecified atom stereocenters. The number of carbonyl (C=O) groups is 3. The molecule has 164 valence electrons. The molecule has 1 aliphatic heterocycles. The van der Waals surface area contributed by atoms with Crippen LogP contribution in [0.1, 0.15) is 17.5 Å². The fourth-order valence-corrected chi connectivity index (χ4v) is 3.73. The lowest BCUT2D eigenvalue weighted by atomic mass is 10.1. The lowest BCUT2D eigenvalue weighted by Crippen LogP contribution is -2.38. The first-order valence-corrected chi connectivity index (χ1v) is 10.1. The summed E-state index contributed by atoms with van der Waals surface area (Å²) in [6.07, 6.45) is -4.67. The molecule has 1 aliphatic rings. The van der Waals surface area contributed by atoms with Crippen molar-refractivity contribution in [3.05, 3.63) is 58.1 Å². The second-order valence-corrected chi connectivity index (χ2v) is 8.09. The Kier molecular flexibility index (Phi) is 6.68. The Morgan fingerprint density at radius 1 is 1.19 bits per heavy atom. The first kappa shape index (κ1) is 22.8. The minimum Gasteiger partial charge on any atom is -0.347 e. The number of hydrogen-bond acceptors (Lipinski definition) is 3. The molecule has 0 radical (unpaired) electrons. The van der Waals surface area contributed by atoms with E-state index in [2.05, 4.69) is 26.6 Å². The summed E-state index contributed by atoms with van der Waals surface area (Å²) in [5.74, 6) is -2.15. The van der Waals surface area contributed by atoms with Crippen LogP contribution in [-0.2, 0) is 20.6 Å². The van der Waals surface area contributed by atoms with Gasteiger partial charge in [-0.25, -0.2) is 0 Å². The highest BCUT2D eigenvalue weighted by atomic mass is 79.9. The zero-order chi connectivity index (χ0) is 22.8. The average molecular weight is 498 g/mol. The Bertz CT molecular complexity index is 1030. The topological polar surface area (TPSA) is 78.5 Å². The molecule has 2 N–H and O–H groups in total. The van der Waals surface area contributed by atoms with Crippen LogP contribution in [0.2, 0.25) is 0 Å². The van der Waals surface area contributed by atoms with E-state index in [0.717, 1.165) is 27.1 Å². The average Bonchev–Trinajstić information content (AvgIpc) is 3.09. The van der Waals surface area contributed by atoms with E-state index in [-0.39, 0.29) is 25.2 Å². The number of hydrogen-bond donors (Lipinski definition) is 2. The van der Waals surface area contributed by atoms with Crippen molar-refractivity contribution in [3.63, 3.8) is 0 Å². The molecule has 1 heterocycles. The van der Waals surface area contributed by atoms with E-state index >= 15 is 0 Å². The van der Waals surface area contributed by atoms with Gasteiger partial charge in [-0.15, -0.1) is 0 Å². The van der Waals surface area contributed by atoms with Gasteiger partial charge in [-0.3, -0.25) is 14.4 Å². The minimum absolute atomic E-state index is 0.0561. The highest BCUT2D eigenvalue weighted by molar-refractivity contribution is 9.10. The van der Waals surface area contributed by atoms with Gasteiger partial charge in [0.05, 0.1) is 18.0 Å². The van der Waals surface area contributed by atoms with E-state index in [4.69, 9.17) is 0 Å². The summed E-state index contributed by atoms with van der Waals surface area (Å²) < 4.78 is 39.6. The summed E-state index contributed by atoms with van der Waals surface area (Å²) in [6, 6.07) is 9.73. The lowest BCUT2D eigenvalue weighted by molar-refractivity contribution is -0.137. The normalized spacial score (nSPS) is 16.4. The van der Waals surface area contributed by atoms with Crippen LogP contribution in [0.5, 0.6) is 0 Å². The molecule has 31 heavy (non-hydrogen) atoms. The molecule has 3 rings (SSSR count). The predicted octanol–water partition coefficient (Wildman–Crippen LogP) is 3.88. The molecular weight excluding hydrogens is 479 g/mol. The number of nitrogens with one attached hydrogen (secondary N) is 2. The Balaban J connectivity index is 1.57. The fraction of sp³-hybridized carbons (Fsp3) is 0.286. The minimum atomic E-state index is -4.53. The second kappa shape index (κ2) is 9.09. The van der Waals surface area contributed by atoms with Gasteiger partial charge in [-0.05, 0) is 48.9 Å². The lowest BCUT2D eigenvalue weighted by Gasteiger charge is -2.18. The van der Waals surface area contributed by atoms with Crippen molar-refractivity contribution in [2.24, 2.45) is 5.92 Å². The van der Waals surface area contributed by atoms with E-state index < -0.39 is 35.4 Å². The maximum Gasteiger partial charge on any atom is 0.416 e. The Hall–Kier alpha value is -2.88. The third kappa shape index (κ3) is 5.63. The van der Waals surface area contributed by atoms with Crippen LogP contribution >= 0.6 is 15.9 Å². The van der Waals surface area contributed by atoms with Crippen molar-refractivity contribution in [2.45, 2.75) is 19.5 Å². The largest absolute Gasteiger partial charge is 0.416 e. The van der Waals surface area contributed by atoms with Gasteiger partial charge in [-0.2, -0.15) is 13.2 Å². The Morgan fingerprint density at radius 3 is 2.61 bits per heavy atom. The van der Waals surface area contributed by atoms with Crippen molar-refractivity contribution in [3.8, 4) is 0 Å². The summed E-state index contributed by atoms with van der Waals surface area (Å²) in [6.45, 7) is 1.48. The first-order chi connectivity index (χ1) is 14.5. The van der Waals surface area contributed by atoms with Crippen LogP contribution in [0, 0.1) is 12.8 Å². The van der Waals surface area contributed by atoms with Crippen molar-refractivity contribution in [2.75, 3.05) is 23.3 Å². The smallest absolute Gasteiger partial charge is 0.347 e. The third-order valence-electron chi connectivity index (χ3n) is 4.87. The van der Waals surface area contributed by atoms with Crippen molar-refractivity contribution in [1.82, 2.24) is 5.32 Å². The molecule has 0 saturated carbocycles. The maximum absolute atomic E-state index is 12.9. The zero-order valence-electron chi connectivity index (χ0n) is 16.4. The van der Waals surface area contributed by atoms with Crippen molar-refractivity contribution < 1.29 is 27.6 Å². The third-order valence-corrected chi connectivity index (χ3v) is 5.36. The molecule has 3 amide bonds. The number of aryl methyl sites for hydroxylation is 1. The summed E-state index contributed by atoms with van der Waals surface area (Å²) in [5.41, 5.74) is 0.658. The number of benzene rings is 2. The maximum atomic E-state index is 12.9. The molecule has 2 aromatic rings. The van der Waals surface area contributed by atoms with Gasteiger partial charge >= 0.3 is 6.18 Å². The first-order valence-electron chi connectivity index (χ1n) is 9.36. The van der Waals surface area contributed by atoms with Gasteiger partial charge in [-0.1, -0.05) is 22.0 Å². The van der Waals surface area contributed by atoms with Crippen molar-refractivity contribution >= 4 is 45.0 Å². The SMILES string of the molecule is Cc1cc(Br)ccc1NC(=O)CNC(=O)[C@@H]1CC(=O)N(c2cccc(C(F)(F)F)c2)C1. The Labute approximate surface area is 184 Å². The number of amides is 3. The van der Waals surface area contributed by atoms with Crippen LogP contribution in [-0.4, -0.2) is 30.8 Å². The van der Waals surface area contributed by atoms with E-state index in [1.54, 1.807) is 12.1 Å². The molecular formula is C21H19BrF3N3O3. The van der Waals surface area contributed by atoms with E-state index in [1.165, 1.54) is 12.1 Å². The fourth-order valence-electron chi connectivity index (χ4n) is 3.26. The molecule has 6 nitrogen and oxygen atoms in total. The van der Waals surface area contributed by atoms with Crippen molar-refractivity contribution in [1.29, 1.82) is 0 Å². The number of halogens is 4. The summed E-state index contributed by atoms with van der Waals surface area (Å²) in [5, 5.41) is 5.17. The number of alkyl halides is 3. The van der Waals surface area contributed by atoms with Gasteiger partial charge in [0.1, 0.15) is 0 Å². The molecule has 2 aromatic carbocycles. The number of nitrogens with zero attached hydrogens (tertiary/aromatic N) is 1. The monoisotopic (exact) mass is 497 g/mol. The van der Waals surface area contributed by atoms with Crippen LogP contribution in [0.4, 0.5) is 24.5 Å². The van der Waals surface area contributed by atoms with Gasteiger partial charge < -0.3 is 15.5 Å². The molecule has 10 heteroatoms. The number of anilines is 2. The molecule has 1 fully saturated rings. The van der Waals surface area contributed by atoms with E-state index in [9.17, 15) is 27.6 Å². The quantitative estimate of drug-likeness (QED) is 0.657. The summed E-state index contributed by atoms with van der Waals surface area (Å²) in [7, 11) is 0. The zero-order valence-corrected chi connectivity index (χ0v) is 18.0. The van der Waals surface area contributed by atoms with E-state index in [0.29, 0.717) is 5.69 Å². The standard InChI is InChI=1S/C21H19BrF3N3O3/c1-12-7-15(22)5-6-17(12)27-18(29)10-26-20(31)13-8-19(30)28(11-13)16-4-2-3-14(9-16)21(23,24)25/h2-7,9,13H,8,10-11H2,1H3,(H,26,31)(H,27,29)/t13-/m1/s1. The van der Waals surface area contributed by atoms with Crippen LogP contribution in [0.15, 0.2) is 46.9 Å². The van der Waals surface area contributed by atoms with Crippen LogP contribution in [0.25, 0.3) is 0 Å². The van der Waals surface area contributed by atoms with Gasteiger partial charge in [0, 0.05) is 28.8 Å². The number of rotatable bonds is 5. The van der Waals surface area contributed by atoms with Gasteiger partial charge in [0.25, 0.3) is 0 Å². The molecule has 0 bridgehead atoms. The second-order valence-electron chi connectivity index (χ2n) is 7.18. The van der Waals surface area contributed by atoms with Gasteiger partial charge in [0.2, 0.25) is 17.7 Å². The summed E-state index contributed by atoms with van der Waals surface area (Å²) >= 11 is 3.33. The van der Waals surface area contributed by atoms with Gasteiger partial charge in [0.15, 0.2) is 0 Å². The molecule has 0 spiro atoms. The highest BCUT2D eigenvalue weighted by Crippen LogP contribution is 2.33. The molecule has 0 aromatic heterocycles. The molecule has 0 aliphatic carbocycles. The predicted molar refractivity (Wildman–Crippen MR) is 112 cm³/mol. The van der Waals surface area contributed by atoms with E-state index in [1.807, 2.05) is 13.0 Å². The highest BCUT2D eigenvalue weighted by Gasteiger charge is 2.37. The molecule has 1 atom stereocenters. The summed E-state index contributed by atoms with van der Waals surface area (Å²) in [4.78, 5) is 38.0. The Morgan fingerprint density at radius 2 is 1.94 bits per heavy atom. The van der Waals surface area contributed by atoms with Crippen LogP contribution < -0.4 is 15.5 Å². The number of carbonyl (C=O) groups excluding carboxylic acids is 3.